The van der Waals surface area contributed by atoms with Crippen LogP contribution in [-0.2, 0) is 4.79 Å². The van der Waals surface area contributed by atoms with Crippen LogP contribution in [0, 0.1) is 5.92 Å². The predicted octanol–water partition coefficient (Wildman–Crippen LogP) is 3.24. The van der Waals surface area contributed by atoms with Crippen molar-refractivity contribution in [3.05, 3.63) is 24.3 Å². The van der Waals surface area contributed by atoms with E-state index in [1.165, 1.54) is 0 Å². The topological polar surface area (TPSA) is 58.4 Å². The van der Waals surface area contributed by atoms with Crippen molar-refractivity contribution in [2.45, 2.75) is 39.0 Å². The summed E-state index contributed by atoms with van der Waals surface area (Å²) in [7, 11) is 4.00. The Kier molecular flexibility index (Phi) is 7.83. The lowest BCUT2D eigenvalue weighted by molar-refractivity contribution is -0.116. The summed E-state index contributed by atoms with van der Waals surface area (Å²) in [4.78, 5) is 14.0. The second-order valence-corrected chi connectivity index (χ2v) is 5.76. The standard InChI is InChI=1S/C17H29N3O/c1-4-5-14(12-13-18)6-11-17(21)19-15-7-9-16(10-8-15)20(2)3/h7-10,14H,4-6,11-13,18H2,1-3H3,(H,19,21). The van der Waals surface area contributed by atoms with Gasteiger partial charge in [-0.2, -0.15) is 0 Å². The lowest BCUT2D eigenvalue weighted by atomic mass is 9.94. The number of rotatable bonds is 9. The molecule has 0 aromatic heterocycles. The molecule has 0 saturated heterocycles. The van der Waals surface area contributed by atoms with Crippen LogP contribution in [0.15, 0.2) is 24.3 Å². The van der Waals surface area contributed by atoms with Crippen LogP contribution in [0.25, 0.3) is 0 Å². The van der Waals surface area contributed by atoms with Crippen LogP contribution in [0.4, 0.5) is 11.4 Å². The highest BCUT2D eigenvalue weighted by Gasteiger charge is 2.10. The first-order chi connectivity index (χ1) is 10.1. The average molecular weight is 291 g/mol. The maximum atomic E-state index is 12.0. The van der Waals surface area contributed by atoms with Gasteiger partial charge >= 0.3 is 0 Å². The molecule has 0 aliphatic rings. The van der Waals surface area contributed by atoms with Crippen molar-refractivity contribution < 1.29 is 4.79 Å². The quantitative estimate of drug-likeness (QED) is 0.734. The zero-order valence-electron chi connectivity index (χ0n) is 13.6. The lowest BCUT2D eigenvalue weighted by Crippen LogP contribution is -2.15. The van der Waals surface area contributed by atoms with Crippen molar-refractivity contribution in [1.29, 1.82) is 0 Å². The largest absolute Gasteiger partial charge is 0.378 e. The Labute approximate surface area is 128 Å². The Morgan fingerprint density at radius 2 is 1.86 bits per heavy atom. The normalized spacial score (nSPS) is 12.0. The fraction of sp³-hybridized carbons (Fsp3) is 0.588. The van der Waals surface area contributed by atoms with Crippen LogP contribution in [0.2, 0.25) is 0 Å². The average Bonchev–Trinajstić information content (AvgIpc) is 2.46. The summed E-state index contributed by atoms with van der Waals surface area (Å²) in [6.07, 6.45) is 4.81. The van der Waals surface area contributed by atoms with Gasteiger partial charge in [-0.1, -0.05) is 19.8 Å². The van der Waals surface area contributed by atoms with Gasteiger partial charge in [-0.3, -0.25) is 4.79 Å². The Bertz CT molecular complexity index is 409. The van der Waals surface area contributed by atoms with Gasteiger partial charge in [-0.25, -0.2) is 0 Å². The molecule has 0 fully saturated rings. The van der Waals surface area contributed by atoms with Crippen molar-refractivity contribution in [3.8, 4) is 0 Å². The number of anilines is 2. The van der Waals surface area contributed by atoms with Gasteiger partial charge in [0.1, 0.15) is 0 Å². The smallest absolute Gasteiger partial charge is 0.224 e. The molecule has 118 valence electrons. The number of nitrogens with one attached hydrogen (secondary N) is 1. The van der Waals surface area contributed by atoms with Crippen molar-refractivity contribution >= 4 is 17.3 Å². The van der Waals surface area contributed by atoms with E-state index < -0.39 is 0 Å². The first kappa shape index (κ1) is 17.5. The second kappa shape index (κ2) is 9.40. The molecule has 0 radical (unpaired) electrons. The van der Waals surface area contributed by atoms with Gasteiger partial charge in [0.15, 0.2) is 0 Å². The molecule has 3 N–H and O–H groups in total. The second-order valence-electron chi connectivity index (χ2n) is 5.76. The molecule has 1 amide bonds. The summed E-state index contributed by atoms with van der Waals surface area (Å²) in [5, 5.41) is 2.96. The third-order valence-corrected chi connectivity index (χ3v) is 3.72. The molecule has 1 aromatic rings. The third-order valence-electron chi connectivity index (χ3n) is 3.72. The fourth-order valence-corrected chi connectivity index (χ4v) is 2.48. The number of hydrogen-bond donors (Lipinski definition) is 2. The van der Waals surface area contributed by atoms with Gasteiger partial charge in [0.2, 0.25) is 5.91 Å². The Hall–Kier alpha value is -1.55. The van der Waals surface area contributed by atoms with Crippen molar-refractivity contribution in [3.63, 3.8) is 0 Å². The molecule has 0 aliphatic heterocycles. The molecule has 0 spiro atoms. The van der Waals surface area contributed by atoms with Crippen molar-refractivity contribution in [1.82, 2.24) is 0 Å². The van der Waals surface area contributed by atoms with Crippen molar-refractivity contribution in [2.24, 2.45) is 11.7 Å². The molecule has 0 aliphatic carbocycles. The Morgan fingerprint density at radius 3 is 2.38 bits per heavy atom. The third kappa shape index (κ3) is 6.63. The van der Waals surface area contributed by atoms with E-state index in [0.717, 1.165) is 37.1 Å². The number of nitrogens with zero attached hydrogens (tertiary/aromatic N) is 1. The number of carbonyl (C=O) groups is 1. The first-order valence-corrected chi connectivity index (χ1v) is 7.84. The van der Waals surface area contributed by atoms with Crippen LogP contribution in [0.1, 0.15) is 39.0 Å². The molecule has 0 heterocycles. The summed E-state index contributed by atoms with van der Waals surface area (Å²) in [5.74, 6) is 0.660. The molecule has 4 nitrogen and oxygen atoms in total. The van der Waals surface area contributed by atoms with Gasteiger partial charge in [0.05, 0.1) is 0 Å². The maximum Gasteiger partial charge on any atom is 0.224 e. The molecule has 4 heteroatoms. The summed E-state index contributed by atoms with van der Waals surface area (Å²) >= 11 is 0. The molecule has 1 rings (SSSR count). The maximum absolute atomic E-state index is 12.0. The van der Waals surface area contributed by atoms with E-state index in [-0.39, 0.29) is 5.91 Å². The highest BCUT2D eigenvalue weighted by Crippen LogP contribution is 2.19. The summed E-state index contributed by atoms with van der Waals surface area (Å²) < 4.78 is 0. The van der Waals surface area contributed by atoms with E-state index >= 15 is 0 Å². The zero-order chi connectivity index (χ0) is 15.7. The summed E-state index contributed by atoms with van der Waals surface area (Å²) in [6, 6.07) is 7.89. The molecule has 0 bridgehead atoms. The van der Waals surface area contributed by atoms with Crippen LogP contribution in [-0.4, -0.2) is 26.5 Å². The monoisotopic (exact) mass is 291 g/mol. The van der Waals surface area contributed by atoms with Crippen LogP contribution in [0.3, 0.4) is 0 Å². The molecule has 1 atom stereocenters. The number of nitrogens with two attached hydrogens (primary N) is 1. The molecule has 21 heavy (non-hydrogen) atoms. The van der Waals surface area contributed by atoms with E-state index in [1.54, 1.807) is 0 Å². The minimum Gasteiger partial charge on any atom is -0.378 e. The predicted molar refractivity (Wildman–Crippen MR) is 90.7 cm³/mol. The highest BCUT2D eigenvalue weighted by atomic mass is 16.1. The fourth-order valence-electron chi connectivity index (χ4n) is 2.48. The molecule has 1 aromatic carbocycles. The molecule has 1 unspecified atom stereocenters. The number of amides is 1. The SMILES string of the molecule is CCCC(CCN)CCC(=O)Nc1ccc(N(C)C)cc1. The van der Waals surface area contributed by atoms with Crippen LogP contribution >= 0.6 is 0 Å². The summed E-state index contributed by atoms with van der Waals surface area (Å²) in [6.45, 7) is 2.88. The van der Waals surface area contributed by atoms with Crippen LogP contribution in [0.5, 0.6) is 0 Å². The highest BCUT2D eigenvalue weighted by molar-refractivity contribution is 5.90. The lowest BCUT2D eigenvalue weighted by Gasteiger charge is -2.15. The van der Waals surface area contributed by atoms with Gasteiger partial charge in [-0.05, 0) is 49.6 Å². The Balaban J connectivity index is 2.42. The van der Waals surface area contributed by atoms with E-state index in [1.807, 2.05) is 43.3 Å². The molecular formula is C17H29N3O. The molecular weight excluding hydrogens is 262 g/mol. The van der Waals surface area contributed by atoms with Crippen molar-refractivity contribution in [2.75, 3.05) is 30.9 Å². The van der Waals surface area contributed by atoms with Gasteiger partial charge in [0, 0.05) is 31.9 Å². The van der Waals surface area contributed by atoms with Gasteiger partial charge in [0.25, 0.3) is 0 Å². The minimum absolute atomic E-state index is 0.0886. The number of carbonyl (C=O) groups excluding carboxylic acids is 1. The Morgan fingerprint density at radius 1 is 1.19 bits per heavy atom. The van der Waals surface area contributed by atoms with Crippen LogP contribution < -0.4 is 16.0 Å². The van der Waals surface area contributed by atoms with E-state index in [0.29, 0.717) is 18.9 Å². The number of benzene rings is 1. The van der Waals surface area contributed by atoms with E-state index in [9.17, 15) is 4.79 Å². The minimum atomic E-state index is 0.0886. The zero-order valence-corrected chi connectivity index (χ0v) is 13.6. The van der Waals surface area contributed by atoms with Gasteiger partial charge < -0.3 is 16.0 Å². The van der Waals surface area contributed by atoms with E-state index in [4.69, 9.17) is 5.73 Å². The summed E-state index contributed by atoms with van der Waals surface area (Å²) in [5.41, 5.74) is 7.61. The first-order valence-electron chi connectivity index (χ1n) is 7.84. The molecule has 0 saturated carbocycles. The van der Waals surface area contributed by atoms with E-state index in [2.05, 4.69) is 12.2 Å². The van der Waals surface area contributed by atoms with Gasteiger partial charge in [-0.15, -0.1) is 0 Å². The number of hydrogen-bond acceptors (Lipinski definition) is 3.